The van der Waals surface area contributed by atoms with Crippen LogP contribution in [0.5, 0.6) is 0 Å². The van der Waals surface area contributed by atoms with Gasteiger partial charge in [0.25, 0.3) is 0 Å². The number of nitrogens with zero attached hydrogens (tertiary/aromatic N) is 1. The fourth-order valence-corrected chi connectivity index (χ4v) is 4.75. The van der Waals surface area contributed by atoms with E-state index in [4.69, 9.17) is 4.74 Å². The molecule has 0 saturated heterocycles. The molecule has 1 aromatic carbocycles. The normalized spacial score (nSPS) is 21.2. The van der Waals surface area contributed by atoms with E-state index in [1.165, 1.54) is 36.0 Å². The van der Waals surface area contributed by atoms with Gasteiger partial charge in [0.05, 0.1) is 18.2 Å². The number of fused-ring (bicyclic) bond motifs is 1. The fraction of sp³-hybridized carbons (Fsp3) is 0.760. The zero-order valence-corrected chi connectivity index (χ0v) is 19.3. The molecule has 1 aliphatic carbocycles. The molecule has 1 saturated carbocycles. The Balaban J connectivity index is 0.00000145. The minimum atomic E-state index is -0.461. The van der Waals surface area contributed by atoms with E-state index in [9.17, 15) is 5.11 Å². The highest BCUT2D eigenvalue weighted by atomic mass is 16.5. The van der Waals surface area contributed by atoms with Gasteiger partial charge in [-0.3, -0.25) is 4.90 Å². The summed E-state index contributed by atoms with van der Waals surface area (Å²) >= 11 is 0. The molecule has 2 aliphatic rings. The van der Waals surface area contributed by atoms with Crippen LogP contribution < -0.4 is 5.32 Å². The fourth-order valence-electron chi connectivity index (χ4n) is 4.75. The van der Waals surface area contributed by atoms with Gasteiger partial charge in [-0.15, -0.1) is 0 Å². The minimum Gasteiger partial charge on any atom is -0.389 e. The third kappa shape index (κ3) is 7.06. The molecule has 4 heteroatoms. The Hall–Kier alpha value is -0.940. The number of nitrogens with one attached hydrogen (secondary N) is 1. The molecule has 29 heavy (non-hydrogen) atoms. The molecule has 166 valence electrons. The van der Waals surface area contributed by atoms with Crippen molar-refractivity contribution in [3.63, 3.8) is 0 Å². The lowest BCUT2D eigenvalue weighted by Crippen LogP contribution is -2.43. The Morgan fingerprint density at radius 2 is 1.97 bits per heavy atom. The maximum Gasteiger partial charge on any atom is 0.0771 e. The summed E-state index contributed by atoms with van der Waals surface area (Å²) < 4.78 is 5.57. The van der Waals surface area contributed by atoms with Gasteiger partial charge in [0.1, 0.15) is 0 Å². The van der Waals surface area contributed by atoms with Crippen LogP contribution in [-0.2, 0) is 17.6 Å². The molecule has 1 heterocycles. The Morgan fingerprint density at radius 3 is 2.66 bits per heavy atom. The van der Waals surface area contributed by atoms with Crippen LogP contribution in [0.2, 0.25) is 0 Å². The number of benzene rings is 1. The molecule has 0 spiro atoms. The van der Waals surface area contributed by atoms with Gasteiger partial charge in [-0.2, -0.15) is 0 Å². The summed E-state index contributed by atoms with van der Waals surface area (Å²) in [5, 5.41) is 14.1. The van der Waals surface area contributed by atoms with Crippen LogP contribution in [0.3, 0.4) is 0 Å². The second-order valence-electron chi connectivity index (χ2n) is 8.46. The van der Waals surface area contributed by atoms with Crippen molar-refractivity contribution in [1.82, 2.24) is 10.2 Å². The van der Waals surface area contributed by atoms with Crippen molar-refractivity contribution < 1.29 is 9.84 Å². The van der Waals surface area contributed by atoms with Crippen molar-refractivity contribution >= 4 is 0 Å². The second kappa shape index (κ2) is 12.7. The van der Waals surface area contributed by atoms with Gasteiger partial charge in [-0.25, -0.2) is 0 Å². The van der Waals surface area contributed by atoms with Gasteiger partial charge in [0, 0.05) is 26.7 Å². The maximum absolute atomic E-state index is 10.6. The van der Waals surface area contributed by atoms with E-state index in [0.717, 1.165) is 64.9 Å². The SMILES string of the molecule is CC.CCc1ccc2c(c1)C(COC)N(CCCNCC1(O)CCCCC1)CC2. The standard InChI is InChI=1S/C23H38N2O2.C2H6/c1-3-19-8-9-20-10-15-25(22(17-27-2)21(20)16-19)14-7-13-24-18-23(26)11-5-4-6-12-23;1-2/h8-9,16,22,24,26H,3-7,10-15,17-18H2,1-2H3;1-2H3. The van der Waals surface area contributed by atoms with Crippen molar-refractivity contribution in [2.45, 2.75) is 83.8 Å². The Morgan fingerprint density at radius 1 is 1.21 bits per heavy atom. The average molecular weight is 405 g/mol. The topological polar surface area (TPSA) is 44.7 Å². The first-order chi connectivity index (χ1) is 14.1. The van der Waals surface area contributed by atoms with Crippen molar-refractivity contribution in [2.24, 2.45) is 0 Å². The highest BCUT2D eigenvalue weighted by Gasteiger charge is 2.29. The third-order valence-electron chi connectivity index (χ3n) is 6.45. The first-order valence-corrected chi connectivity index (χ1v) is 11.9. The molecule has 0 bridgehead atoms. The minimum absolute atomic E-state index is 0.368. The predicted molar refractivity (Wildman–Crippen MR) is 123 cm³/mol. The van der Waals surface area contributed by atoms with Crippen LogP contribution in [0.4, 0.5) is 0 Å². The summed E-state index contributed by atoms with van der Waals surface area (Å²) in [5.74, 6) is 0. The summed E-state index contributed by atoms with van der Waals surface area (Å²) in [7, 11) is 1.81. The monoisotopic (exact) mass is 404 g/mol. The molecular weight excluding hydrogens is 360 g/mol. The third-order valence-corrected chi connectivity index (χ3v) is 6.45. The molecule has 2 N–H and O–H groups in total. The number of methoxy groups -OCH3 is 1. The first-order valence-electron chi connectivity index (χ1n) is 11.9. The van der Waals surface area contributed by atoms with Crippen molar-refractivity contribution in [3.05, 3.63) is 34.9 Å². The lowest BCUT2D eigenvalue weighted by Gasteiger charge is -2.37. The van der Waals surface area contributed by atoms with Crippen LogP contribution >= 0.6 is 0 Å². The Kier molecular flexibility index (Phi) is 10.6. The smallest absolute Gasteiger partial charge is 0.0771 e. The quantitative estimate of drug-likeness (QED) is 0.595. The molecule has 1 aromatic rings. The van der Waals surface area contributed by atoms with Crippen LogP contribution in [0, 0.1) is 0 Å². The van der Waals surface area contributed by atoms with Crippen LogP contribution in [0.15, 0.2) is 18.2 Å². The molecule has 1 fully saturated rings. The molecule has 1 unspecified atom stereocenters. The summed E-state index contributed by atoms with van der Waals surface area (Å²) in [4.78, 5) is 2.59. The first kappa shape index (κ1) is 24.3. The highest BCUT2D eigenvalue weighted by molar-refractivity contribution is 5.36. The van der Waals surface area contributed by atoms with E-state index in [2.05, 4.69) is 35.3 Å². The zero-order valence-electron chi connectivity index (χ0n) is 19.3. The number of aryl methyl sites for hydroxylation is 1. The molecule has 3 rings (SSSR count). The van der Waals surface area contributed by atoms with Gasteiger partial charge in [-0.1, -0.05) is 58.2 Å². The molecule has 1 atom stereocenters. The van der Waals surface area contributed by atoms with Gasteiger partial charge >= 0.3 is 0 Å². The van der Waals surface area contributed by atoms with Crippen LogP contribution in [0.1, 0.15) is 82.0 Å². The zero-order chi connectivity index (χ0) is 21.1. The number of hydrogen-bond acceptors (Lipinski definition) is 4. The highest BCUT2D eigenvalue weighted by Crippen LogP contribution is 2.31. The molecule has 0 amide bonds. The van der Waals surface area contributed by atoms with Gasteiger partial charge in [0.15, 0.2) is 0 Å². The van der Waals surface area contributed by atoms with Gasteiger partial charge in [-0.05, 0) is 55.3 Å². The molecule has 4 nitrogen and oxygen atoms in total. The van der Waals surface area contributed by atoms with Crippen molar-refractivity contribution in [1.29, 1.82) is 0 Å². The van der Waals surface area contributed by atoms with Crippen molar-refractivity contribution in [2.75, 3.05) is 39.9 Å². The summed E-state index contributed by atoms with van der Waals surface area (Å²) in [6.07, 6.45) is 8.86. The van der Waals surface area contributed by atoms with Gasteiger partial charge in [0.2, 0.25) is 0 Å². The lowest BCUT2D eigenvalue weighted by atomic mass is 9.85. The van der Waals surface area contributed by atoms with E-state index in [1.807, 2.05) is 21.0 Å². The van der Waals surface area contributed by atoms with Gasteiger partial charge < -0.3 is 15.2 Å². The molecule has 1 aliphatic heterocycles. The number of hydrogen-bond donors (Lipinski definition) is 2. The van der Waals surface area contributed by atoms with E-state index >= 15 is 0 Å². The van der Waals surface area contributed by atoms with Crippen LogP contribution in [-0.4, -0.2) is 55.5 Å². The molecular formula is C25H44N2O2. The number of ether oxygens (including phenoxy) is 1. The lowest BCUT2D eigenvalue weighted by molar-refractivity contribution is 0.00476. The molecule has 0 radical (unpaired) electrons. The second-order valence-corrected chi connectivity index (χ2v) is 8.46. The molecule has 0 aromatic heterocycles. The number of rotatable bonds is 9. The van der Waals surface area contributed by atoms with E-state index in [0.29, 0.717) is 6.04 Å². The largest absolute Gasteiger partial charge is 0.389 e. The predicted octanol–water partition coefficient (Wildman–Crippen LogP) is 4.50. The summed E-state index contributed by atoms with van der Waals surface area (Å²) in [6.45, 7) is 10.9. The Labute approximate surface area is 179 Å². The van der Waals surface area contributed by atoms with E-state index in [-0.39, 0.29) is 0 Å². The maximum atomic E-state index is 10.6. The number of aliphatic hydroxyl groups is 1. The summed E-state index contributed by atoms with van der Waals surface area (Å²) in [5.41, 5.74) is 3.91. The summed E-state index contributed by atoms with van der Waals surface area (Å²) in [6, 6.07) is 7.36. The van der Waals surface area contributed by atoms with E-state index in [1.54, 1.807) is 0 Å². The Bertz CT molecular complexity index is 584. The van der Waals surface area contributed by atoms with E-state index < -0.39 is 5.60 Å². The van der Waals surface area contributed by atoms with Crippen molar-refractivity contribution in [3.8, 4) is 0 Å². The van der Waals surface area contributed by atoms with Crippen LogP contribution in [0.25, 0.3) is 0 Å². The average Bonchev–Trinajstić information content (AvgIpc) is 2.76.